The van der Waals surface area contributed by atoms with E-state index in [1.165, 1.54) is 27.7 Å². The number of hydrogen-bond donors (Lipinski definition) is 1. The molecule has 8 heteroatoms. The highest BCUT2D eigenvalue weighted by Crippen LogP contribution is 2.40. The highest BCUT2D eigenvalue weighted by molar-refractivity contribution is 6.03. The molecule has 1 aromatic carbocycles. The third-order valence-corrected chi connectivity index (χ3v) is 4.12. The molecule has 1 aromatic heterocycles. The lowest BCUT2D eigenvalue weighted by Gasteiger charge is -2.22. The topological polar surface area (TPSA) is 85.8 Å². The van der Waals surface area contributed by atoms with Crippen LogP contribution in [0.25, 0.3) is 0 Å². The van der Waals surface area contributed by atoms with Crippen LogP contribution < -0.4 is 24.4 Å². The SMILES string of the molecule is CCCN(CCC)c1cc(C(=O)Nc2cc(OC)c(OC)c(OC)c2)ncn1. The molecule has 0 saturated heterocycles. The van der Waals surface area contributed by atoms with Crippen LogP contribution in [0.4, 0.5) is 11.5 Å². The van der Waals surface area contributed by atoms with Gasteiger partial charge in [0.25, 0.3) is 5.91 Å². The first-order valence-electron chi connectivity index (χ1n) is 9.26. The fourth-order valence-corrected chi connectivity index (χ4v) is 2.87. The molecule has 152 valence electrons. The molecule has 0 bridgehead atoms. The Morgan fingerprint density at radius 1 is 0.964 bits per heavy atom. The van der Waals surface area contributed by atoms with E-state index in [0.29, 0.717) is 22.9 Å². The average Bonchev–Trinajstić information content (AvgIpc) is 2.72. The smallest absolute Gasteiger partial charge is 0.274 e. The van der Waals surface area contributed by atoms with Crippen LogP contribution in [0, 0.1) is 0 Å². The standard InChI is InChI=1S/C20H28N4O4/c1-6-8-24(9-7-2)18-12-15(21-13-22-18)20(25)23-14-10-16(26-3)19(28-5)17(11-14)27-4/h10-13H,6-9H2,1-5H3,(H,23,25). The molecule has 2 aromatic rings. The molecule has 0 fully saturated rings. The molecule has 0 unspecified atom stereocenters. The van der Waals surface area contributed by atoms with Crippen molar-refractivity contribution in [3.8, 4) is 17.2 Å². The molecule has 1 N–H and O–H groups in total. The van der Waals surface area contributed by atoms with Gasteiger partial charge in [-0.15, -0.1) is 0 Å². The van der Waals surface area contributed by atoms with Crippen molar-refractivity contribution in [1.82, 2.24) is 9.97 Å². The zero-order valence-electron chi connectivity index (χ0n) is 17.1. The predicted molar refractivity (Wildman–Crippen MR) is 109 cm³/mol. The molecule has 1 amide bonds. The lowest BCUT2D eigenvalue weighted by atomic mass is 10.2. The molecular weight excluding hydrogens is 360 g/mol. The van der Waals surface area contributed by atoms with Gasteiger partial charge in [-0.2, -0.15) is 0 Å². The Bertz CT molecular complexity index is 767. The third-order valence-electron chi connectivity index (χ3n) is 4.12. The molecule has 0 aliphatic rings. The number of anilines is 2. The van der Waals surface area contributed by atoms with E-state index in [4.69, 9.17) is 14.2 Å². The van der Waals surface area contributed by atoms with Gasteiger partial charge < -0.3 is 24.4 Å². The van der Waals surface area contributed by atoms with Crippen molar-refractivity contribution in [3.05, 3.63) is 30.2 Å². The number of nitrogens with zero attached hydrogens (tertiary/aromatic N) is 3. The Kier molecular flexibility index (Phi) is 7.86. The quantitative estimate of drug-likeness (QED) is 0.668. The fraction of sp³-hybridized carbons (Fsp3) is 0.450. The number of aromatic nitrogens is 2. The van der Waals surface area contributed by atoms with Crippen LogP contribution in [-0.4, -0.2) is 50.3 Å². The van der Waals surface area contributed by atoms with E-state index in [-0.39, 0.29) is 11.6 Å². The van der Waals surface area contributed by atoms with E-state index in [1.54, 1.807) is 18.2 Å². The number of carbonyl (C=O) groups excluding carboxylic acids is 1. The third kappa shape index (κ3) is 5.03. The number of nitrogens with one attached hydrogen (secondary N) is 1. The first kappa shape index (κ1) is 21.3. The van der Waals surface area contributed by atoms with Gasteiger partial charge in [-0.3, -0.25) is 4.79 Å². The summed E-state index contributed by atoms with van der Waals surface area (Å²) in [7, 11) is 4.57. The van der Waals surface area contributed by atoms with Gasteiger partial charge in [0.15, 0.2) is 11.5 Å². The molecule has 1 heterocycles. The number of carbonyl (C=O) groups is 1. The second-order valence-corrected chi connectivity index (χ2v) is 6.12. The molecule has 0 radical (unpaired) electrons. The van der Waals surface area contributed by atoms with Crippen molar-refractivity contribution >= 4 is 17.4 Å². The van der Waals surface area contributed by atoms with Crippen molar-refractivity contribution in [2.45, 2.75) is 26.7 Å². The maximum Gasteiger partial charge on any atom is 0.274 e. The van der Waals surface area contributed by atoms with E-state index in [0.717, 1.165) is 31.7 Å². The highest BCUT2D eigenvalue weighted by atomic mass is 16.5. The summed E-state index contributed by atoms with van der Waals surface area (Å²) >= 11 is 0. The minimum Gasteiger partial charge on any atom is -0.493 e. The van der Waals surface area contributed by atoms with Gasteiger partial charge in [-0.25, -0.2) is 9.97 Å². The number of ether oxygens (including phenoxy) is 3. The first-order chi connectivity index (χ1) is 13.6. The Morgan fingerprint density at radius 3 is 2.07 bits per heavy atom. The van der Waals surface area contributed by atoms with Crippen LogP contribution in [0.2, 0.25) is 0 Å². The zero-order valence-corrected chi connectivity index (χ0v) is 17.1. The second-order valence-electron chi connectivity index (χ2n) is 6.12. The minimum absolute atomic E-state index is 0.288. The van der Waals surface area contributed by atoms with Crippen LogP contribution in [0.1, 0.15) is 37.2 Å². The van der Waals surface area contributed by atoms with E-state index < -0.39 is 0 Å². The molecule has 0 atom stereocenters. The van der Waals surface area contributed by atoms with Crippen molar-refractivity contribution in [1.29, 1.82) is 0 Å². The number of rotatable bonds is 10. The second kappa shape index (κ2) is 10.3. The van der Waals surface area contributed by atoms with Crippen molar-refractivity contribution in [2.24, 2.45) is 0 Å². The van der Waals surface area contributed by atoms with Crippen molar-refractivity contribution < 1.29 is 19.0 Å². The summed E-state index contributed by atoms with van der Waals surface area (Å²) in [6.45, 7) is 5.97. The van der Waals surface area contributed by atoms with Gasteiger partial charge in [0.2, 0.25) is 5.75 Å². The summed E-state index contributed by atoms with van der Waals surface area (Å²) in [6.07, 6.45) is 3.41. The Balaban J connectivity index is 2.27. The molecule has 28 heavy (non-hydrogen) atoms. The molecule has 0 aliphatic carbocycles. The summed E-state index contributed by atoms with van der Waals surface area (Å²) in [5.74, 6) is 1.77. The maximum atomic E-state index is 12.7. The van der Waals surface area contributed by atoms with Crippen LogP contribution in [-0.2, 0) is 0 Å². The van der Waals surface area contributed by atoms with E-state index in [2.05, 4.69) is 34.0 Å². The highest BCUT2D eigenvalue weighted by Gasteiger charge is 2.17. The van der Waals surface area contributed by atoms with Crippen LogP contribution >= 0.6 is 0 Å². The monoisotopic (exact) mass is 388 g/mol. The Morgan fingerprint density at radius 2 is 1.57 bits per heavy atom. The molecule has 2 rings (SSSR count). The number of benzene rings is 1. The van der Waals surface area contributed by atoms with Gasteiger partial charge in [-0.05, 0) is 12.8 Å². The van der Waals surface area contributed by atoms with Gasteiger partial charge in [0.1, 0.15) is 17.8 Å². The van der Waals surface area contributed by atoms with Crippen LogP contribution in [0.15, 0.2) is 24.5 Å². The molecule has 0 saturated carbocycles. The number of hydrogen-bond acceptors (Lipinski definition) is 7. The number of methoxy groups -OCH3 is 3. The fourth-order valence-electron chi connectivity index (χ4n) is 2.87. The molecular formula is C20H28N4O4. The van der Waals surface area contributed by atoms with E-state index in [1.807, 2.05) is 0 Å². The molecule has 8 nitrogen and oxygen atoms in total. The summed E-state index contributed by atoms with van der Waals surface area (Å²) in [5.41, 5.74) is 0.801. The molecule has 0 spiro atoms. The van der Waals surface area contributed by atoms with Gasteiger partial charge in [-0.1, -0.05) is 13.8 Å². The lowest BCUT2D eigenvalue weighted by molar-refractivity contribution is 0.102. The summed E-state index contributed by atoms with van der Waals surface area (Å²) < 4.78 is 15.9. The molecule has 0 aliphatic heterocycles. The summed E-state index contributed by atoms with van der Waals surface area (Å²) in [6, 6.07) is 5.04. The zero-order chi connectivity index (χ0) is 20.5. The number of amides is 1. The lowest BCUT2D eigenvalue weighted by Crippen LogP contribution is -2.26. The van der Waals surface area contributed by atoms with Crippen LogP contribution in [0.5, 0.6) is 17.2 Å². The van der Waals surface area contributed by atoms with Gasteiger partial charge >= 0.3 is 0 Å². The summed E-state index contributed by atoms with van der Waals surface area (Å²) in [4.78, 5) is 23.3. The normalized spacial score (nSPS) is 10.3. The van der Waals surface area contributed by atoms with E-state index in [9.17, 15) is 4.79 Å². The van der Waals surface area contributed by atoms with Crippen molar-refractivity contribution in [2.75, 3.05) is 44.6 Å². The Labute approximate surface area is 165 Å². The van der Waals surface area contributed by atoms with Gasteiger partial charge in [0, 0.05) is 37.0 Å². The van der Waals surface area contributed by atoms with Crippen molar-refractivity contribution in [3.63, 3.8) is 0 Å². The minimum atomic E-state index is -0.342. The van der Waals surface area contributed by atoms with Gasteiger partial charge in [0.05, 0.1) is 21.3 Å². The van der Waals surface area contributed by atoms with Crippen LogP contribution in [0.3, 0.4) is 0 Å². The Hall–Kier alpha value is -3.03. The maximum absolute atomic E-state index is 12.7. The summed E-state index contributed by atoms with van der Waals surface area (Å²) in [5, 5.41) is 2.83. The predicted octanol–water partition coefficient (Wildman–Crippen LogP) is 3.38. The average molecular weight is 388 g/mol. The largest absolute Gasteiger partial charge is 0.493 e. The van der Waals surface area contributed by atoms with E-state index >= 15 is 0 Å². The first-order valence-corrected chi connectivity index (χ1v) is 9.26.